The first-order valence-electron chi connectivity index (χ1n) is 8.72. The molecule has 0 saturated heterocycles. The lowest BCUT2D eigenvalue weighted by atomic mass is 9.69. The molecule has 130 valence electrons. The molecular weight excluding hydrogens is 314 g/mol. The monoisotopic (exact) mass is 337 g/mol. The maximum absolute atomic E-state index is 13.3. The Kier molecular flexibility index (Phi) is 4.62. The van der Waals surface area contributed by atoms with Crippen LogP contribution in [-0.2, 0) is 11.3 Å². The lowest BCUT2D eigenvalue weighted by Crippen LogP contribution is -2.59. The van der Waals surface area contributed by atoms with E-state index in [1.54, 1.807) is 23.1 Å². The van der Waals surface area contributed by atoms with E-state index in [9.17, 15) is 14.7 Å². The molecule has 1 aliphatic heterocycles. The first kappa shape index (κ1) is 17.2. The summed E-state index contributed by atoms with van der Waals surface area (Å²) in [5.74, 6) is -1.68. The van der Waals surface area contributed by atoms with Gasteiger partial charge in [-0.1, -0.05) is 62.4 Å². The van der Waals surface area contributed by atoms with Crippen molar-refractivity contribution < 1.29 is 14.7 Å². The molecule has 1 amide bonds. The average Bonchev–Trinajstić information content (AvgIpc) is 2.64. The molecule has 1 unspecified atom stereocenters. The van der Waals surface area contributed by atoms with Gasteiger partial charge in [0.15, 0.2) is 0 Å². The molecule has 1 heterocycles. The van der Waals surface area contributed by atoms with Crippen molar-refractivity contribution in [3.63, 3.8) is 0 Å². The Morgan fingerprint density at radius 3 is 2.24 bits per heavy atom. The van der Waals surface area contributed by atoms with Crippen molar-refractivity contribution in [2.75, 3.05) is 0 Å². The number of fused-ring (bicyclic) bond motifs is 1. The smallest absolute Gasteiger partial charge is 0.313 e. The van der Waals surface area contributed by atoms with Gasteiger partial charge in [-0.25, -0.2) is 0 Å². The third-order valence-corrected chi connectivity index (χ3v) is 5.48. The molecule has 0 fully saturated rings. The van der Waals surface area contributed by atoms with Crippen molar-refractivity contribution in [1.29, 1.82) is 0 Å². The molecule has 2 aromatic carbocycles. The minimum atomic E-state index is -0.873. The van der Waals surface area contributed by atoms with Crippen molar-refractivity contribution in [3.05, 3.63) is 71.3 Å². The lowest BCUT2D eigenvalue weighted by Gasteiger charge is -2.50. The van der Waals surface area contributed by atoms with Crippen molar-refractivity contribution in [1.82, 2.24) is 4.90 Å². The normalized spacial score (nSPS) is 18.7. The predicted molar refractivity (Wildman–Crippen MR) is 96.4 cm³/mol. The zero-order valence-electron chi connectivity index (χ0n) is 14.6. The first-order chi connectivity index (χ1) is 12.0. The molecule has 1 atom stereocenters. The molecule has 1 N–H and O–H groups in total. The van der Waals surface area contributed by atoms with Crippen molar-refractivity contribution in [2.45, 2.75) is 44.7 Å². The summed E-state index contributed by atoms with van der Waals surface area (Å²) in [7, 11) is 0. The van der Waals surface area contributed by atoms with E-state index in [1.165, 1.54) is 0 Å². The maximum atomic E-state index is 13.3. The van der Waals surface area contributed by atoms with Gasteiger partial charge in [-0.05, 0) is 30.0 Å². The van der Waals surface area contributed by atoms with Crippen LogP contribution < -0.4 is 0 Å². The van der Waals surface area contributed by atoms with Crippen LogP contribution in [0.15, 0.2) is 54.6 Å². The van der Waals surface area contributed by atoms with Gasteiger partial charge < -0.3 is 10.0 Å². The number of carboxylic acids is 1. The molecule has 0 saturated carbocycles. The third-order valence-electron chi connectivity index (χ3n) is 5.48. The molecule has 0 spiro atoms. The molecule has 2 aromatic rings. The number of carboxylic acid groups (broad SMARTS) is 1. The highest BCUT2D eigenvalue weighted by molar-refractivity contribution is 6.01. The van der Waals surface area contributed by atoms with Crippen molar-refractivity contribution >= 4 is 11.9 Å². The molecule has 1 aliphatic rings. The molecule has 4 heteroatoms. The van der Waals surface area contributed by atoms with E-state index in [0.717, 1.165) is 5.56 Å². The Hall–Kier alpha value is -2.62. The Morgan fingerprint density at radius 2 is 1.64 bits per heavy atom. The van der Waals surface area contributed by atoms with E-state index in [4.69, 9.17) is 0 Å². The summed E-state index contributed by atoms with van der Waals surface area (Å²) in [6.45, 7) is 4.36. The number of carbonyl (C=O) groups is 2. The van der Waals surface area contributed by atoms with Crippen LogP contribution >= 0.6 is 0 Å². The van der Waals surface area contributed by atoms with Gasteiger partial charge in [-0.15, -0.1) is 0 Å². The van der Waals surface area contributed by atoms with E-state index in [2.05, 4.69) is 0 Å². The first-order valence-corrected chi connectivity index (χ1v) is 8.72. The van der Waals surface area contributed by atoms with Crippen LogP contribution in [-0.4, -0.2) is 27.4 Å². The van der Waals surface area contributed by atoms with E-state index in [1.807, 2.05) is 50.2 Å². The van der Waals surface area contributed by atoms with Crippen LogP contribution in [0.3, 0.4) is 0 Å². The van der Waals surface area contributed by atoms with Crippen molar-refractivity contribution in [2.24, 2.45) is 0 Å². The highest BCUT2D eigenvalue weighted by Gasteiger charge is 2.52. The number of hydrogen-bond donors (Lipinski definition) is 1. The van der Waals surface area contributed by atoms with Crippen LogP contribution in [0.25, 0.3) is 0 Å². The van der Waals surface area contributed by atoms with E-state index in [-0.39, 0.29) is 5.91 Å². The minimum Gasteiger partial charge on any atom is -0.481 e. The SMILES string of the molecule is CCC1(CC)C(C(=O)O)c2ccccc2C(=O)N1Cc1ccccc1. The van der Waals surface area contributed by atoms with Crippen LogP contribution in [0.5, 0.6) is 0 Å². The van der Waals surface area contributed by atoms with Gasteiger partial charge in [0.05, 0.1) is 5.54 Å². The Bertz CT molecular complexity index is 781. The topological polar surface area (TPSA) is 57.6 Å². The summed E-state index contributed by atoms with van der Waals surface area (Å²) in [5.41, 5.74) is 1.41. The average molecular weight is 337 g/mol. The molecular formula is C21H23NO3. The van der Waals surface area contributed by atoms with Gasteiger partial charge in [-0.3, -0.25) is 9.59 Å². The van der Waals surface area contributed by atoms with E-state index >= 15 is 0 Å². The Labute approximate surface area is 148 Å². The number of aliphatic carboxylic acids is 1. The fourth-order valence-corrected chi connectivity index (χ4v) is 4.13. The zero-order chi connectivity index (χ0) is 18.0. The fraction of sp³-hybridized carbons (Fsp3) is 0.333. The molecule has 25 heavy (non-hydrogen) atoms. The number of nitrogens with zero attached hydrogens (tertiary/aromatic N) is 1. The molecule has 4 nitrogen and oxygen atoms in total. The molecule has 0 radical (unpaired) electrons. The summed E-state index contributed by atoms with van der Waals surface area (Å²) in [5, 5.41) is 10.0. The van der Waals surface area contributed by atoms with Crippen LogP contribution in [0.1, 0.15) is 54.1 Å². The van der Waals surface area contributed by atoms with Gasteiger partial charge in [0.1, 0.15) is 5.92 Å². The summed E-state index contributed by atoms with van der Waals surface area (Å²) in [6.07, 6.45) is 1.18. The van der Waals surface area contributed by atoms with E-state index in [0.29, 0.717) is 30.5 Å². The van der Waals surface area contributed by atoms with Gasteiger partial charge in [0.2, 0.25) is 0 Å². The number of amides is 1. The molecule has 3 rings (SSSR count). The maximum Gasteiger partial charge on any atom is 0.313 e. The summed E-state index contributed by atoms with van der Waals surface area (Å²) < 4.78 is 0. The largest absolute Gasteiger partial charge is 0.481 e. The second kappa shape index (κ2) is 6.71. The zero-order valence-corrected chi connectivity index (χ0v) is 14.6. The number of hydrogen-bond acceptors (Lipinski definition) is 2. The minimum absolute atomic E-state index is 0.0827. The van der Waals surface area contributed by atoms with E-state index < -0.39 is 17.4 Å². The molecule has 0 aliphatic carbocycles. The second-order valence-electron chi connectivity index (χ2n) is 6.55. The standard InChI is InChI=1S/C21H23NO3/c1-3-21(4-2)18(20(24)25)16-12-8-9-13-17(16)19(23)22(21)14-15-10-6-5-7-11-15/h5-13,18H,3-4,14H2,1-2H3,(H,24,25). The molecule has 0 aromatic heterocycles. The Morgan fingerprint density at radius 1 is 1.04 bits per heavy atom. The highest BCUT2D eigenvalue weighted by Crippen LogP contribution is 2.46. The number of benzene rings is 2. The summed E-state index contributed by atoms with van der Waals surface area (Å²) in [4.78, 5) is 27.3. The summed E-state index contributed by atoms with van der Waals surface area (Å²) >= 11 is 0. The summed E-state index contributed by atoms with van der Waals surface area (Å²) in [6, 6.07) is 16.9. The predicted octanol–water partition coefficient (Wildman–Crippen LogP) is 4.07. The van der Waals surface area contributed by atoms with Gasteiger partial charge in [0.25, 0.3) is 5.91 Å². The van der Waals surface area contributed by atoms with Crippen LogP contribution in [0.2, 0.25) is 0 Å². The van der Waals surface area contributed by atoms with Crippen LogP contribution in [0.4, 0.5) is 0 Å². The molecule has 0 bridgehead atoms. The highest BCUT2D eigenvalue weighted by atomic mass is 16.4. The number of carbonyl (C=O) groups excluding carboxylic acids is 1. The fourth-order valence-electron chi connectivity index (χ4n) is 4.13. The quantitative estimate of drug-likeness (QED) is 0.895. The van der Waals surface area contributed by atoms with Gasteiger partial charge in [0, 0.05) is 12.1 Å². The Balaban J connectivity index is 2.18. The van der Waals surface area contributed by atoms with Crippen molar-refractivity contribution in [3.8, 4) is 0 Å². The van der Waals surface area contributed by atoms with Crippen LogP contribution in [0, 0.1) is 0 Å². The second-order valence-corrected chi connectivity index (χ2v) is 6.55. The third kappa shape index (κ3) is 2.72. The number of rotatable bonds is 5. The lowest BCUT2D eigenvalue weighted by molar-refractivity contribution is -0.143. The van der Waals surface area contributed by atoms with Gasteiger partial charge >= 0.3 is 5.97 Å². The van der Waals surface area contributed by atoms with Gasteiger partial charge in [-0.2, -0.15) is 0 Å².